The van der Waals surface area contributed by atoms with Crippen molar-refractivity contribution in [1.82, 2.24) is 9.55 Å². The predicted molar refractivity (Wildman–Crippen MR) is 71.4 cm³/mol. The van der Waals surface area contributed by atoms with Gasteiger partial charge in [-0.3, -0.25) is 4.79 Å². The Morgan fingerprint density at radius 1 is 1.39 bits per heavy atom. The Morgan fingerprint density at radius 3 is 3.00 bits per heavy atom. The molecule has 1 aromatic heterocycles. The van der Waals surface area contributed by atoms with Gasteiger partial charge in [0, 0.05) is 26.3 Å². The van der Waals surface area contributed by atoms with Crippen LogP contribution in [0.4, 0.5) is 0 Å². The third-order valence-electron chi connectivity index (χ3n) is 3.94. The van der Waals surface area contributed by atoms with Crippen molar-refractivity contribution in [1.29, 1.82) is 0 Å². The highest BCUT2D eigenvalue weighted by Gasteiger charge is 2.21. The van der Waals surface area contributed by atoms with Crippen molar-refractivity contribution in [3.63, 3.8) is 0 Å². The highest BCUT2D eigenvalue weighted by molar-refractivity contribution is 5.79. The molecule has 3 rings (SSSR count). The minimum Gasteiger partial charge on any atom is -0.331 e. The van der Waals surface area contributed by atoms with Crippen LogP contribution in [0.25, 0.3) is 11.0 Å². The first-order chi connectivity index (χ1) is 8.74. The quantitative estimate of drug-likeness (QED) is 0.811. The van der Waals surface area contributed by atoms with E-state index in [1.165, 1.54) is 5.52 Å². The molecular weight excluding hydrogens is 224 g/mol. The number of hydrogen-bond acceptors (Lipinski definition) is 2. The summed E-state index contributed by atoms with van der Waals surface area (Å²) in [5.41, 5.74) is 2.23. The topological polar surface area (TPSA) is 34.9 Å². The lowest BCUT2D eigenvalue weighted by molar-refractivity contribution is -0.121. The van der Waals surface area contributed by atoms with Gasteiger partial charge in [0.1, 0.15) is 11.6 Å². The molecule has 0 N–H and O–H groups in total. The van der Waals surface area contributed by atoms with Crippen LogP contribution >= 0.6 is 0 Å². The van der Waals surface area contributed by atoms with Gasteiger partial charge in [-0.1, -0.05) is 12.1 Å². The van der Waals surface area contributed by atoms with E-state index in [2.05, 4.69) is 22.7 Å². The van der Waals surface area contributed by atoms with Crippen molar-refractivity contribution in [3.8, 4) is 0 Å². The minimum absolute atomic E-state index is 0.421. The number of fused-ring (bicyclic) bond motifs is 1. The van der Waals surface area contributed by atoms with Gasteiger partial charge in [0.2, 0.25) is 0 Å². The number of carbonyl (C=O) groups excluding carboxylic acids is 1. The summed E-state index contributed by atoms with van der Waals surface area (Å²) < 4.78 is 2.16. The lowest BCUT2D eigenvalue weighted by Gasteiger charge is -2.20. The summed E-state index contributed by atoms with van der Waals surface area (Å²) in [5, 5.41) is 0. The van der Waals surface area contributed by atoms with E-state index in [4.69, 9.17) is 0 Å². The number of nitrogens with zero attached hydrogens (tertiary/aromatic N) is 2. The smallest absolute Gasteiger partial charge is 0.133 e. The highest BCUT2D eigenvalue weighted by Crippen LogP contribution is 2.25. The fourth-order valence-corrected chi connectivity index (χ4v) is 2.92. The number of benzene rings is 1. The Hall–Kier alpha value is -1.64. The van der Waals surface area contributed by atoms with Gasteiger partial charge < -0.3 is 4.57 Å². The first-order valence-corrected chi connectivity index (χ1v) is 6.66. The SMILES string of the molecule is Cn1c(CC2CCCC(=O)C2)nc2ccccc21. The molecule has 18 heavy (non-hydrogen) atoms. The number of Topliss-reactive ketones (excluding diaryl/α,β-unsaturated/α-hetero) is 1. The van der Waals surface area contributed by atoms with Crippen LogP contribution in [-0.2, 0) is 18.3 Å². The molecule has 3 nitrogen and oxygen atoms in total. The molecule has 1 unspecified atom stereocenters. The van der Waals surface area contributed by atoms with E-state index in [1.807, 2.05) is 18.2 Å². The Kier molecular flexibility index (Phi) is 2.90. The molecule has 1 saturated carbocycles. The Labute approximate surface area is 107 Å². The van der Waals surface area contributed by atoms with Crippen LogP contribution in [0.2, 0.25) is 0 Å². The average Bonchev–Trinajstić information content (AvgIpc) is 2.67. The van der Waals surface area contributed by atoms with Gasteiger partial charge in [-0.15, -0.1) is 0 Å². The van der Waals surface area contributed by atoms with E-state index < -0.39 is 0 Å². The fourth-order valence-electron chi connectivity index (χ4n) is 2.92. The van der Waals surface area contributed by atoms with Crippen molar-refractivity contribution in [2.75, 3.05) is 0 Å². The van der Waals surface area contributed by atoms with Gasteiger partial charge in [-0.2, -0.15) is 0 Å². The monoisotopic (exact) mass is 242 g/mol. The second kappa shape index (κ2) is 4.56. The standard InChI is InChI=1S/C15H18N2O/c1-17-14-8-3-2-7-13(14)16-15(17)10-11-5-4-6-12(18)9-11/h2-3,7-8,11H,4-6,9-10H2,1H3. The van der Waals surface area contributed by atoms with Gasteiger partial charge in [0.15, 0.2) is 0 Å². The lowest BCUT2D eigenvalue weighted by atomic mass is 9.86. The Morgan fingerprint density at radius 2 is 2.22 bits per heavy atom. The van der Waals surface area contributed by atoms with Gasteiger partial charge >= 0.3 is 0 Å². The molecule has 1 aromatic carbocycles. The average molecular weight is 242 g/mol. The van der Waals surface area contributed by atoms with Crippen LogP contribution in [0.5, 0.6) is 0 Å². The van der Waals surface area contributed by atoms with E-state index >= 15 is 0 Å². The molecule has 1 heterocycles. The molecule has 0 aliphatic heterocycles. The van der Waals surface area contributed by atoms with E-state index in [0.717, 1.165) is 43.4 Å². The molecule has 1 fully saturated rings. The molecular formula is C15H18N2O. The Balaban J connectivity index is 1.86. The Bertz CT molecular complexity index is 585. The van der Waals surface area contributed by atoms with Crippen LogP contribution in [0.15, 0.2) is 24.3 Å². The van der Waals surface area contributed by atoms with Crippen molar-refractivity contribution in [2.45, 2.75) is 32.1 Å². The summed E-state index contributed by atoms with van der Waals surface area (Å²) in [6, 6.07) is 8.20. The maximum Gasteiger partial charge on any atom is 0.133 e. The number of carbonyl (C=O) groups is 1. The number of aromatic nitrogens is 2. The summed E-state index contributed by atoms with van der Waals surface area (Å²) in [6.45, 7) is 0. The largest absolute Gasteiger partial charge is 0.331 e. The van der Waals surface area contributed by atoms with Gasteiger partial charge in [0.05, 0.1) is 11.0 Å². The van der Waals surface area contributed by atoms with Crippen LogP contribution in [0, 0.1) is 5.92 Å². The summed E-state index contributed by atoms with van der Waals surface area (Å²) in [4.78, 5) is 16.2. The van der Waals surface area contributed by atoms with E-state index in [9.17, 15) is 4.79 Å². The zero-order chi connectivity index (χ0) is 12.5. The molecule has 0 amide bonds. The molecule has 3 heteroatoms. The number of ketones is 1. The fraction of sp³-hybridized carbons (Fsp3) is 0.467. The zero-order valence-electron chi connectivity index (χ0n) is 10.7. The molecule has 0 bridgehead atoms. The molecule has 0 spiro atoms. The molecule has 1 aliphatic rings. The van der Waals surface area contributed by atoms with Gasteiger partial charge in [-0.05, 0) is 30.9 Å². The molecule has 1 aliphatic carbocycles. The normalized spacial score (nSPS) is 20.5. The van der Waals surface area contributed by atoms with Crippen LogP contribution < -0.4 is 0 Å². The van der Waals surface area contributed by atoms with Crippen LogP contribution in [0.1, 0.15) is 31.5 Å². The summed E-state index contributed by atoms with van der Waals surface area (Å²) in [7, 11) is 2.06. The first-order valence-electron chi connectivity index (χ1n) is 6.66. The number of hydrogen-bond donors (Lipinski definition) is 0. The van der Waals surface area contributed by atoms with Gasteiger partial charge in [0.25, 0.3) is 0 Å². The summed E-state index contributed by atoms with van der Waals surface area (Å²) in [6.07, 6.45) is 4.65. The highest BCUT2D eigenvalue weighted by atomic mass is 16.1. The van der Waals surface area contributed by atoms with Crippen LogP contribution in [0.3, 0.4) is 0 Å². The van der Waals surface area contributed by atoms with Gasteiger partial charge in [-0.25, -0.2) is 4.98 Å². The molecule has 0 radical (unpaired) electrons. The molecule has 1 atom stereocenters. The predicted octanol–water partition coefficient (Wildman–Crippen LogP) is 2.88. The third-order valence-corrected chi connectivity index (χ3v) is 3.94. The van der Waals surface area contributed by atoms with E-state index in [1.54, 1.807) is 0 Å². The second-order valence-corrected chi connectivity index (χ2v) is 5.28. The number of imidazole rings is 1. The first kappa shape index (κ1) is 11.5. The number of aryl methyl sites for hydroxylation is 1. The summed E-state index contributed by atoms with van der Waals surface area (Å²) in [5.74, 6) is 2.02. The third kappa shape index (κ3) is 2.05. The minimum atomic E-state index is 0.421. The van der Waals surface area contributed by atoms with E-state index in [0.29, 0.717) is 11.7 Å². The maximum absolute atomic E-state index is 11.5. The molecule has 0 saturated heterocycles. The van der Waals surface area contributed by atoms with Crippen LogP contribution in [-0.4, -0.2) is 15.3 Å². The number of para-hydroxylation sites is 2. The van der Waals surface area contributed by atoms with Crippen molar-refractivity contribution in [2.24, 2.45) is 13.0 Å². The van der Waals surface area contributed by atoms with E-state index in [-0.39, 0.29) is 0 Å². The lowest BCUT2D eigenvalue weighted by Crippen LogP contribution is -2.18. The maximum atomic E-state index is 11.5. The summed E-state index contributed by atoms with van der Waals surface area (Å²) >= 11 is 0. The molecule has 94 valence electrons. The molecule has 2 aromatic rings. The van der Waals surface area contributed by atoms with Crippen molar-refractivity contribution < 1.29 is 4.79 Å². The van der Waals surface area contributed by atoms with Crippen molar-refractivity contribution >= 4 is 16.8 Å². The zero-order valence-corrected chi connectivity index (χ0v) is 10.7. The second-order valence-electron chi connectivity index (χ2n) is 5.28. The number of rotatable bonds is 2. The van der Waals surface area contributed by atoms with Crippen molar-refractivity contribution in [3.05, 3.63) is 30.1 Å².